The minimum Gasteiger partial charge on any atom is -0.493 e. The normalized spacial score (nSPS) is 15.1. The van der Waals surface area contributed by atoms with Crippen LogP contribution < -0.4 is 14.2 Å². The molecule has 3 aromatic rings. The number of hydrogen-bond donors (Lipinski definition) is 0. The maximum absolute atomic E-state index is 11.5. The van der Waals surface area contributed by atoms with E-state index in [1.54, 1.807) is 6.07 Å². The first-order chi connectivity index (χ1) is 17.2. The van der Waals surface area contributed by atoms with Gasteiger partial charge in [-0.15, -0.1) is 0 Å². The second kappa shape index (κ2) is 10.7. The Morgan fingerprint density at radius 1 is 0.943 bits per heavy atom. The largest absolute Gasteiger partial charge is 0.493 e. The summed E-state index contributed by atoms with van der Waals surface area (Å²) in [6, 6.07) is 17.8. The van der Waals surface area contributed by atoms with Gasteiger partial charge in [0.05, 0.1) is 12.2 Å². The van der Waals surface area contributed by atoms with Gasteiger partial charge in [-0.2, -0.15) is 0 Å². The van der Waals surface area contributed by atoms with Crippen LogP contribution in [0.5, 0.6) is 17.2 Å². The monoisotopic (exact) mass is 466 g/mol. The summed E-state index contributed by atoms with van der Waals surface area (Å²) in [4.78, 5) is 11.5. The van der Waals surface area contributed by atoms with Crippen molar-refractivity contribution in [1.29, 1.82) is 0 Å². The minimum atomic E-state index is 0.566. The van der Waals surface area contributed by atoms with Gasteiger partial charge in [0.15, 0.2) is 17.8 Å². The lowest BCUT2D eigenvalue weighted by Crippen LogP contribution is -2.15. The topological polar surface area (TPSA) is 44.8 Å². The molecule has 0 atom stereocenters. The van der Waals surface area contributed by atoms with Crippen LogP contribution >= 0.6 is 0 Å². The fourth-order valence-electron chi connectivity index (χ4n) is 4.83. The van der Waals surface area contributed by atoms with E-state index < -0.39 is 0 Å². The molecule has 5 rings (SSSR count). The van der Waals surface area contributed by atoms with Crippen molar-refractivity contribution >= 4 is 6.29 Å². The van der Waals surface area contributed by atoms with Crippen LogP contribution in [-0.2, 0) is 0 Å². The van der Waals surface area contributed by atoms with Crippen LogP contribution in [0.1, 0.15) is 59.2 Å². The van der Waals surface area contributed by atoms with Crippen molar-refractivity contribution in [2.24, 2.45) is 5.92 Å². The third-order valence-corrected chi connectivity index (χ3v) is 6.87. The summed E-state index contributed by atoms with van der Waals surface area (Å²) < 4.78 is 17.5. The third-order valence-electron chi connectivity index (χ3n) is 6.87. The molecule has 0 bridgehead atoms. The Balaban J connectivity index is 1.37. The molecule has 0 spiro atoms. The van der Waals surface area contributed by atoms with Crippen molar-refractivity contribution in [3.05, 3.63) is 76.9 Å². The van der Waals surface area contributed by atoms with Gasteiger partial charge in [0.1, 0.15) is 19.0 Å². The summed E-state index contributed by atoms with van der Waals surface area (Å²) in [5.74, 6) is 9.35. The quantitative estimate of drug-likeness (QED) is 0.314. The van der Waals surface area contributed by atoms with Crippen molar-refractivity contribution in [1.82, 2.24) is 0 Å². The van der Waals surface area contributed by atoms with E-state index in [0.29, 0.717) is 37.1 Å². The van der Waals surface area contributed by atoms with Gasteiger partial charge in [0.25, 0.3) is 0 Å². The van der Waals surface area contributed by atoms with Crippen LogP contribution in [0.4, 0.5) is 0 Å². The Bertz CT molecular complexity index is 1270. The molecule has 35 heavy (non-hydrogen) atoms. The molecule has 0 aromatic heterocycles. The van der Waals surface area contributed by atoms with Crippen LogP contribution in [0.15, 0.2) is 54.6 Å². The zero-order valence-corrected chi connectivity index (χ0v) is 20.1. The van der Waals surface area contributed by atoms with E-state index in [9.17, 15) is 4.79 Å². The Morgan fingerprint density at radius 2 is 1.77 bits per heavy atom. The fraction of sp³-hybridized carbons (Fsp3) is 0.323. The predicted molar refractivity (Wildman–Crippen MR) is 137 cm³/mol. The Morgan fingerprint density at radius 3 is 2.60 bits per heavy atom. The molecule has 1 aliphatic carbocycles. The number of carbonyl (C=O) groups is 1. The summed E-state index contributed by atoms with van der Waals surface area (Å²) in [5.41, 5.74) is 5.66. The molecule has 0 radical (unpaired) electrons. The summed E-state index contributed by atoms with van der Waals surface area (Å²) in [7, 11) is 0. The second-order valence-corrected chi connectivity index (χ2v) is 9.27. The van der Waals surface area contributed by atoms with Crippen molar-refractivity contribution in [3.63, 3.8) is 0 Å². The molecule has 1 saturated carbocycles. The Kier molecular flexibility index (Phi) is 7.04. The van der Waals surface area contributed by atoms with Gasteiger partial charge in [-0.3, -0.25) is 4.79 Å². The van der Waals surface area contributed by atoms with E-state index >= 15 is 0 Å². The minimum absolute atomic E-state index is 0.566. The average molecular weight is 467 g/mol. The molecule has 1 fully saturated rings. The van der Waals surface area contributed by atoms with E-state index in [-0.39, 0.29) is 0 Å². The van der Waals surface area contributed by atoms with E-state index in [2.05, 4.69) is 30.9 Å². The number of benzene rings is 3. The molecule has 1 heterocycles. The van der Waals surface area contributed by atoms with Crippen LogP contribution in [0.2, 0.25) is 0 Å². The van der Waals surface area contributed by atoms with E-state index in [1.807, 2.05) is 36.4 Å². The first kappa shape index (κ1) is 23.1. The fourth-order valence-corrected chi connectivity index (χ4v) is 4.83. The number of hydrogen-bond acceptors (Lipinski definition) is 4. The highest BCUT2D eigenvalue weighted by Crippen LogP contribution is 2.36. The molecule has 0 unspecified atom stereocenters. The molecule has 0 saturated heterocycles. The lowest BCUT2D eigenvalue weighted by atomic mass is 9.90. The Hall–Kier alpha value is -3.71. The molecule has 178 valence electrons. The lowest BCUT2D eigenvalue weighted by Gasteiger charge is -2.22. The van der Waals surface area contributed by atoms with E-state index in [4.69, 9.17) is 14.2 Å². The smallest absolute Gasteiger partial charge is 0.161 e. The number of fused-ring (bicyclic) bond motifs is 1. The van der Waals surface area contributed by atoms with Gasteiger partial charge in [0, 0.05) is 11.1 Å². The van der Waals surface area contributed by atoms with E-state index in [1.165, 1.54) is 32.1 Å². The molecule has 0 N–H and O–H groups in total. The standard InChI is InChI=1S/C31H30O4/c1-22-25(8-5-9-28(22)26-14-15-29-31(19-26)34-17-16-33-29)12-10-23-11-13-27(20-32)30(18-23)35-21-24-6-3-2-4-7-24/h5,8-9,11,13-15,18-20,24H,2-4,6-7,16-17,21H2,1H3. The first-order valence-corrected chi connectivity index (χ1v) is 12.4. The predicted octanol–water partition coefficient (Wildman–Crippen LogP) is 6.60. The molecular weight excluding hydrogens is 436 g/mol. The number of ether oxygens (including phenoxy) is 3. The molecule has 4 nitrogen and oxygen atoms in total. The van der Waals surface area contributed by atoms with Gasteiger partial charge in [-0.1, -0.05) is 49.3 Å². The van der Waals surface area contributed by atoms with E-state index in [0.717, 1.165) is 45.6 Å². The highest BCUT2D eigenvalue weighted by atomic mass is 16.6. The Labute approximate surface area is 207 Å². The molecular formula is C31H30O4. The zero-order valence-electron chi connectivity index (χ0n) is 20.1. The highest BCUT2D eigenvalue weighted by molar-refractivity contribution is 5.80. The molecule has 3 aromatic carbocycles. The van der Waals surface area contributed by atoms with Gasteiger partial charge in [-0.05, 0) is 78.8 Å². The van der Waals surface area contributed by atoms with Crippen molar-refractivity contribution in [2.75, 3.05) is 19.8 Å². The molecule has 0 amide bonds. The molecule has 2 aliphatic rings. The highest BCUT2D eigenvalue weighted by Gasteiger charge is 2.16. The third kappa shape index (κ3) is 5.35. The van der Waals surface area contributed by atoms with Crippen LogP contribution in [-0.4, -0.2) is 26.1 Å². The van der Waals surface area contributed by atoms with Gasteiger partial charge >= 0.3 is 0 Å². The zero-order chi connectivity index (χ0) is 24.0. The van der Waals surface area contributed by atoms with Crippen LogP contribution in [0, 0.1) is 24.7 Å². The van der Waals surface area contributed by atoms with Crippen molar-refractivity contribution in [3.8, 4) is 40.2 Å². The van der Waals surface area contributed by atoms with Gasteiger partial charge < -0.3 is 14.2 Å². The second-order valence-electron chi connectivity index (χ2n) is 9.27. The van der Waals surface area contributed by atoms with Crippen LogP contribution in [0.3, 0.4) is 0 Å². The van der Waals surface area contributed by atoms with Crippen molar-refractivity contribution < 1.29 is 19.0 Å². The average Bonchev–Trinajstić information content (AvgIpc) is 2.91. The van der Waals surface area contributed by atoms with Gasteiger partial charge in [0.2, 0.25) is 0 Å². The van der Waals surface area contributed by atoms with Gasteiger partial charge in [-0.25, -0.2) is 0 Å². The summed E-state index contributed by atoms with van der Waals surface area (Å²) in [6.07, 6.45) is 7.12. The maximum atomic E-state index is 11.5. The first-order valence-electron chi connectivity index (χ1n) is 12.4. The maximum Gasteiger partial charge on any atom is 0.161 e. The SMILES string of the molecule is Cc1c(C#Cc2ccc(C=O)c(OCC3CCCCC3)c2)cccc1-c1ccc2c(c1)OCCO2. The summed E-state index contributed by atoms with van der Waals surface area (Å²) in [5, 5.41) is 0. The van der Waals surface area contributed by atoms with Crippen LogP contribution in [0.25, 0.3) is 11.1 Å². The number of carbonyl (C=O) groups excluding carboxylic acids is 1. The molecule has 4 heteroatoms. The summed E-state index contributed by atoms with van der Waals surface area (Å²) in [6.45, 7) is 3.90. The number of aldehydes is 1. The molecule has 1 aliphatic heterocycles. The number of rotatable bonds is 5. The van der Waals surface area contributed by atoms with Crippen molar-refractivity contribution in [2.45, 2.75) is 39.0 Å². The lowest BCUT2D eigenvalue weighted by molar-refractivity contribution is 0.111. The summed E-state index contributed by atoms with van der Waals surface area (Å²) >= 11 is 0.